The number of rotatable bonds is 3. The summed E-state index contributed by atoms with van der Waals surface area (Å²) < 4.78 is 0. The maximum atomic E-state index is 11.3. The van der Waals surface area contributed by atoms with E-state index >= 15 is 0 Å². The summed E-state index contributed by atoms with van der Waals surface area (Å²) in [6.07, 6.45) is 4.93. The summed E-state index contributed by atoms with van der Waals surface area (Å²) >= 11 is 5.65. The third-order valence-corrected chi connectivity index (χ3v) is 1.68. The molecule has 0 saturated heterocycles. The minimum Gasteiger partial charge on any atom is -0.267 e. The van der Waals surface area contributed by atoms with Crippen molar-refractivity contribution in [2.75, 3.05) is 6.61 Å². The molecule has 0 aliphatic heterocycles. The molecule has 0 unspecified atom stereocenters. The molecule has 1 aromatic carbocycles. The number of terminal acetylenes is 1. The molecule has 3 nitrogen and oxygen atoms in total. The number of benzene rings is 1. The first-order valence-corrected chi connectivity index (χ1v) is 4.23. The molecule has 14 heavy (non-hydrogen) atoms. The van der Waals surface area contributed by atoms with E-state index in [-0.39, 0.29) is 12.5 Å². The van der Waals surface area contributed by atoms with Gasteiger partial charge in [-0.3, -0.25) is 9.63 Å². The average molecular weight is 210 g/mol. The van der Waals surface area contributed by atoms with Gasteiger partial charge in [-0.1, -0.05) is 17.5 Å². The Hall–Kier alpha value is -1.50. The van der Waals surface area contributed by atoms with Gasteiger partial charge in [0, 0.05) is 10.6 Å². The van der Waals surface area contributed by atoms with E-state index in [1.807, 2.05) is 0 Å². The van der Waals surface area contributed by atoms with Gasteiger partial charge in [-0.05, 0) is 24.3 Å². The Bertz CT molecular complexity index is 353. The van der Waals surface area contributed by atoms with Crippen molar-refractivity contribution in [3.8, 4) is 12.3 Å². The fourth-order valence-corrected chi connectivity index (χ4v) is 0.929. The molecule has 0 aliphatic rings. The molecule has 0 radical (unpaired) electrons. The van der Waals surface area contributed by atoms with Crippen LogP contribution in [0.4, 0.5) is 0 Å². The number of hydrogen-bond acceptors (Lipinski definition) is 2. The van der Waals surface area contributed by atoms with Crippen LogP contribution in [0, 0.1) is 12.3 Å². The summed E-state index contributed by atoms with van der Waals surface area (Å²) in [5, 5.41) is 0.575. The van der Waals surface area contributed by atoms with Gasteiger partial charge in [-0.2, -0.15) is 0 Å². The largest absolute Gasteiger partial charge is 0.274 e. The lowest BCUT2D eigenvalue weighted by atomic mass is 10.2. The van der Waals surface area contributed by atoms with Crippen LogP contribution in [0.2, 0.25) is 5.02 Å². The lowest BCUT2D eigenvalue weighted by Crippen LogP contribution is -2.23. The summed E-state index contributed by atoms with van der Waals surface area (Å²) in [6.45, 7) is 0.0410. The van der Waals surface area contributed by atoms with E-state index in [0.717, 1.165) is 0 Å². The first-order chi connectivity index (χ1) is 6.74. The first-order valence-electron chi connectivity index (χ1n) is 3.85. The van der Waals surface area contributed by atoms with Crippen molar-refractivity contribution in [3.63, 3.8) is 0 Å². The molecule has 0 atom stereocenters. The fraction of sp³-hybridized carbons (Fsp3) is 0.100. The monoisotopic (exact) mass is 209 g/mol. The van der Waals surface area contributed by atoms with E-state index in [1.54, 1.807) is 24.3 Å². The zero-order valence-corrected chi connectivity index (χ0v) is 8.04. The van der Waals surface area contributed by atoms with Gasteiger partial charge < -0.3 is 0 Å². The second-order valence-corrected chi connectivity index (χ2v) is 2.87. The maximum absolute atomic E-state index is 11.3. The molecule has 1 aromatic rings. The third-order valence-electron chi connectivity index (χ3n) is 1.43. The van der Waals surface area contributed by atoms with Crippen LogP contribution >= 0.6 is 11.6 Å². The fourth-order valence-electron chi connectivity index (χ4n) is 0.803. The molecule has 1 amide bonds. The van der Waals surface area contributed by atoms with Crippen LogP contribution < -0.4 is 5.48 Å². The van der Waals surface area contributed by atoms with E-state index in [9.17, 15) is 4.79 Å². The van der Waals surface area contributed by atoms with Crippen molar-refractivity contribution in [2.45, 2.75) is 0 Å². The van der Waals surface area contributed by atoms with Crippen LogP contribution in [0.15, 0.2) is 24.3 Å². The molecule has 0 heterocycles. The number of nitrogens with one attached hydrogen (secondary N) is 1. The minimum absolute atomic E-state index is 0.0410. The highest BCUT2D eigenvalue weighted by atomic mass is 35.5. The smallest absolute Gasteiger partial charge is 0.267 e. The quantitative estimate of drug-likeness (QED) is 0.467. The van der Waals surface area contributed by atoms with Crippen LogP contribution in [0.5, 0.6) is 0 Å². The molecule has 4 heteroatoms. The standard InChI is InChI=1S/C10H8ClNO2/c1-2-7-14-12-10(13)8-3-5-9(11)6-4-8/h1,3-6H,7H2,(H,12,13). The highest BCUT2D eigenvalue weighted by Crippen LogP contribution is 2.09. The van der Waals surface area contributed by atoms with Gasteiger partial charge in [-0.25, -0.2) is 5.48 Å². The molecular formula is C10H8ClNO2. The van der Waals surface area contributed by atoms with Gasteiger partial charge in [-0.15, -0.1) is 6.42 Å². The predicted octanol–water partition coefficient (Wildman–Crippen LogP) is 1.63. The Labute approximate surface area is 87.0 Å². The molecule has 0 spiro atoms. The predicted molar refractivity (Wildman–Crippen MR) is 53.7 cm³/mol. The molecule has 72 valence electrons. The number of carbonyl (C=O) groups excluding carboxylic acids is 1. The Morgan fingerprint density at radius 3 is 2.71 bits per heavy atom. The first kappa shape index (κ1) is 10.6. The zero-order valence-electron chi connectivity index (χ0n) is 7.29. The van der Waals surface area contributed by atoms with Gasteiger partial charge in [0.05, 0.1) is 0 Å². The molecule has 0 saturated carbocycles. The number of hydrogen-bond donors (Lipinski definition) is 1. The average Bonchev–Trinajstić information content (AvgIpc) is 2.19. The summed E-state index contributed by atoms with van der Waals surface area (Å²) in [6, 6.07) is 6.43. The third kappa shape index (κ3) is 3.09. The second-order valence-electron chi connectivity index (χ2n) is 2.43. The molecule has 1 N–H and O–H groups in total. The van der Waals surface area contributed by atoms with Crippen LogP contribution in [-0.4, -0.2) is 12.5 Å². The van der Waals surface area contributed by atoms with E-state index < -0.39 is 0 Å². The van der Waals surface area contributed by atoms with Gasteiger partial charge in [0.1, 0.15) is 6.61 Å². The molecular weight excluding hydrogens is 202 g/mol. The Morgan fingerprint density at radius 1 is 1.50 bits per heavy atom. The number of carbonyl (C=O) groups is 1. The lowest BCUT2D eigenvalue weighted by Gasteiger charge is -2.02. The SMILES string of the molecule is C#CCONC(=O)c1ccc(Cl)cc1. The van der Waals surface area contributed by atoms with Crippen LogP contribution in [0.25, 0.3) is 0 Å². The zero-order chi connectivity index (χ0) is 10.4. The summed E-state index contributed by atoms with van der Waals surface area (Å²) in [5.41, 5.74) is 2.66. The van der Waals surface area contributed by atoms with Crippen LogP contribution in [0.1, 0.15) is 10.4 Å². The molecule has 0 aliphatic carbocycles. The van der Waals surface area contributed by atoms with E-state index in [1.165, 1.54) is 0 Å². The normalized spacial score (nSPS) is 9.14. The van der Waals surface area contributed by atoms with Gasteiger partial charge in [0.15, 0.2) is 0 Å². The Kier molecular flexibility index (Phi) is 3.99. The minimum atomic E-state index is -0.350. The molecule has 0 bridgehead atoms. The summed E-state index contributed by atoms with van der Waals surface area (Å²) in [5.74, 6) is 1.88. The van der Waals surface area contributed by atoms with Crippen molar-refractivity contribution in [1.82, 2.24) is 5.48 Å². The summed E-state index contributed by atoms with van der Waals surface area (Å²) in [7, 11) is 0. The number of hydroxylamine groups is 1. The van der Waals surface area contributed by atoms with E-state index in [0.29, 0.717) is 10.6 Å². The highest BCUT2D eigenvalue weighted by molar-refractivity contribution is 6.30. The van der Waals surface area contributed by atoms with Gasteiger partial charge >= 0.3 is 0 Å². The van der Waals surface area contributed by atoms with Crippen molar-refractivity contribution in [3.05, 3.63) is 34.9 Å². The second kappa shape index (κ2) is 5.28. The van der Waals surface area contributed by atoms with Crippen LogP contribution in [-0.2, 0) is 4.84 Å². The summed E-state index contributed by atoms with van der Waals surface area (Å²) in [4.78, 5) is 15.9. The molecule has 1 rings (SSSR count). The number of halogens is 1. The van der Waals surface area contributed by atoms with E-state index in [4.69, 9.17) is 18.0 Å². The van der Waals surface area contributed by atoms with Crippen molar-refractivity contribution in [1.29, 1.82) is 0 Å². The molecule has 0 fully saturated rings. The van der Waals surface area contributed by atoms with Crippen molar-refractivity contribution < 1.29 is 9.63 Å². The Morgan fingerprint density at radius 2 is 2.14 bits per heavy atom. The highest BCUT2D eigenvalue weighted by Gasteiger charge is 2.03. The maximum Gasteiger partial charge on any atom is 0.274 e. The van der Waals surface area contributed by atoms with E-state index in [2.05, 4.69) is 16.2 Å². The topological polar surface area (TPSA) is 38.3 Å². The van der Waals surface area contributed by atoms with Crippen molar-refractivity contribution in [2.24, 2.45) is 0 Å². The lowest BCUT2D eigenvalue weighted by molar-refractivity contribution is 0.0438. The van der Waals surface area contributed by atoms with Crippen molar-refractivity contribution >= 4 is 17.5 Å². The van der Waals surface area contributed by atoms with Gasteiger partial charge in [0.25, 0.3) is 5.91 Å². The number of amides is 1. The molecule has 0 aromatic heterocycles. The Balaban J connectivity index is 2.53. The van der Waals surface area contributed by atoms with Crippen LogP contribution in [0.3, 0.4) is 0 Å². The van der Waals surface area contributed by atoms with Gasteiger partial charge in [0.2, 0.25) is 0 Å².